The van der Waals surface area contributed by atoms with Crippen LogP contribution in [0.2, 0.25) is 5.02 Å². The summed E-state index contributed by atoms with van der Waals surface area (Å²) in [5, 5.41) is 14.0. The Morgan fingerprint density at radius 3 is 2.95 bits per heavy atom. The van der Waals surface area contributed by atoms with E-state index in [1.807, 2.05) is 6.07 Å². The molecule has 0 amide bonds. The SMILES string of the molecule is CNCc1cccnc1Oc1cc([N+](=O)[O-])ccc1Cl. The van der Waals surface area contributed by atoms with Crippen LogP contribution in [0.5, 0.6) is 11.6 Å². The third kappa shape index (κ3) is 3.23. The Balaban J connectivity index is 2.34. The van der Waals surface area contributed by atoms with Gasteiger partial charge in [0.05, 0.1) is 16.0 Å². The van der Waals surface area contributed by atoms with Crippen molar-refractivity contribution in [2.45, 2.75) is 6.54 Å². The average molecular weight is 294 g/mol. The summed E-state index contributed by atoms with van der Waals surface area (Å²) in [5.41, 5.74) is 0.744. The minimum atomic E-state index is -0.504. The van der Waals surface area contributed by atoms with E-state index in [2.05, 4.69) is 10.3 Å². The molecule has 7 heteroatoms. The van der Waals surface area contributed by atoms with Crippen molar-refractivity contribution in [1.29, 1.82) is 0 Å². The van der Waals surface area contributed by atoms with Gasteiger partial charge in [-0.05, 0) is 19.2 Å². The summed E-state index contributed by atoms with van der Waals surface area (Å²) in [7, 11) is 1.80. The minimum Gasteiger partial charge on any atom is -0.437 e. The number of aromatic nitrogens is 1. The Morgan fingerprint density at radius 2 is 2.25 bits per heavy atom. The highest BCUT2D eigenvalue weighted by atomic mass is 35.5. The molecule has 0 unspecified atom stereocenters. The first-order valence-corrected chi connectivity index (χ1v) is 6.20. The van der Waals surface area contributed by atoms with E-state index < -0.39 is 4.92 Å². The van der Waals surface area contributed by atoms with Crippen LogP contribution in [0.1, 0.15) is 5.56 Å². The highest BCUT2D eigenvalue weighted by Gasteiger charge is 2.13. The van der Waals surface area contributed by atoms with Crippen LogP contribution in [0, 0.1) is 10.1 Å². The van der Waals surface area contributed by atoms with Crippen molar-refractivity contribution >= 4 is 17.3 Å². The van der Waals surface area contributed by atoms with Gasteiger partial charge in [0.1, 0.15) is 0 Å². The second-order valence-corrected chi connectivity index (χ2v) is 4.38. The number of nitrogens with one attached hydrogen (secondary N) is 1. The lowest BCUT2D eigenvalue weighted by atomic mass is 10.2. The Labute approximate surface area is 120 Å². The number of benzene rings is 1. The maximum atomic E-state index is 10.8. The van der Waals surface area contributed by atoms with Crippen LogP contribution in [0.3, 0.4) is 0 Å². The summed E-state index contributed by atoms with van der Waals surface area (Å²) in [4.78, 5) is 14.4. The molecule has 0 aliphatic carbocycles. The van der Waals surface area contributed by atoms with Gasteiger partial charge in [-0.3, -0.25) is 10.1 Å². The van der Waals surface area contributed by atoms with Crippen molar-refractivity contribution in [3.05, 3.63) is 57.2 Å². The Kier molecular flexibility index (Phi) is 4.49. The molecule has 0 saturated heterocycles. The lowest BCUT2D eigenvalue weighted by Gasteiger charge is -2.10. The molecule has 6 nitrogen and oxygen atoms in total. The second kappa shape index (κ2) is 6.31. The third-order valence-corrected chi connectivity index (χ3v) is 2.86. The van der Waals surface area contributed by atoms with Crippen molar-refractivity contribution in [2.75, 3.05) is 7.05 Å². The number of hydrogen-bond donors (Lipinski definition) is 1. The molecule has 0 atom stereocenters. The summed E-state index contributed by atoms with van der Waals surface area (Å²) in [6, 6.07) is 7.66. The fraction of sp³-hybridized carbons (Fsp3) is 0.154. The number of nitrogens with zero attached hydrogens (tertiary/aromatic N) is 2. The Bertz CT molecular complexity index is 634. The maximum Gasteiger partial charge on any atom is 0.273 e. The highest BCUT2D eigenvalue weighted by molar-refractivity contribution is 6.32. The summed E-state index contributed by atoms with van der Waals surface area (Å²) in [5.74, 6) is 0.571. The van der Waals surface area contributed by atoms with Crippen LogP contribution < -0.4 is 10.1 Å². The van der Waals surface area contributed by atoms with Gasteiger partial charge in [0.15, 0.2) is 5.75 Å². The van der Waals surface area contributed by atoms with E-state index in [-0.39, 0.29) is 16.5 Å². The molecule has 2 aromatic rings. The monoisotopic (exact) mass is 293 g/mol. The van der Waals surface area contributed by atoms with Gasteiger partial charge in [-0.25, -0.2) is 4.98 Å². The number of hydrogen-bond acceptors (Lipinski definition) is 5. The zero-order valence-electron chi connectivity index (χ0n) is 10.7. The van der Waals surface area contributed by atoms with Crippen molar-refractivity contribution in [2.24, 2.45) is 0 Å². The van der Waals surface area contributed by atoms with Gasteiger partial charge in [-0.1, -0.05) is 17.7 Å². The lowest BCUT2D eigenvalue weighted by Crippen LogP contribution is -2.07. The molecule has 0 saturated carbocycles. The molecule has 1 aromatic heterocycles. The summed E-state index contributed by atoms with van der Waals surface area (Å²) >= 11 is 5.99. The summed E-state index contributed by atoms with van der Waals surface area (Å²) < 4.78 is 5.60. The lowest BCUT2D eigenvalue weighted by molar-refractivity contribution is -0.384. The molecule has 0 bridgehead atoms. The largest absolute Gasteiger partial charge is 0.437 e. The van der Waals surface area contributed by atoms with Gasteiger partial charge in [-0.15, -0.1) is 0 Å². The van der Waals surface area contributed by atoms with Crippen molar-refractivity contribution < 1.29 is 9.66 Å². The smallest absolute Gasteiger partial charge is 0.273 e. The zero-order valence-corrected chi connectivity index (χ0v) is 11.4. The zero-order chi connectivity index (χ0) is 14.5. The summed E-state index contributed by atoms with van der Waals surface area (Å²) in [6.45, 7) is 0.565. The molecule has 0 aliphatic rings. The van der Waals surface area contributed by atoms with E-state index in [4.69, 9.17) is 16.3 Å². The number of rotatable bonds is 5. The first-order valence-electron chi connectivity index (χ1n) is 5.82. The van der Waals surface area contributed by atoms with Gasteiger partial charge in [-0.2, -0.15) is 0 Å². The predicted octanol–water partition coefficient (Wildman–Crippen LogP) is 3.15. The first kappa shape index (κ1) is 14.2. The first-order chi connectivity index (χ1) is 9.61. The van der Waals surface area contributed by atoms with Crippen LogP contribution in [0.25, 0.3) is 0 Å². The number of nitro benzene ring substituents is 1. The molecule has 0 radical (unpaired) electrons. The molecule has 0 spiro atoms. The summed E-state index contributed by atoms with van der Waals surface area (Å²) in [6.07, 6.45) is 1.58. The van der Waals surface area contributed by atoms with Crippen LogP contribution in [0.4, 0.5) is 5.69 Å². The molecular formula is C13H12ClN3O3. The highest BCUT2D eigenvalue weighted by Crippen LogP contribution is 2.33. The number of pyridine rings is 1. The molecule has 104 valence electrons. The Morgan fingerprint density at radius 1 is 1.45 bits per heavy atom. The second-order valence-electron chi connectivity index (χ2n) is 3.97. The normalized spacial score (nSPS) is 10.3. The average Bonchev–Trinajstić information content (AvgIpc) is 2.43. The van der Waals surface area contributed by atoms with Crippen LogP contribution in [0.15, 0.2) is 36.5 Å². The van der Waals surface area contributed by atoms with Gasteiger partial charge in [0.25, 0.3) is 5.69 Å². The van der Waals surface area contributed by atoms with Gasteiger partial charge < -0.3 is 10.1 Å². The van der Waals surface area contributed by atoms with E-state index in [1.54, 1.807) is 19.3 Å². The van der Waals surface area contributed by atoms with E-state index in [9.17, 15) is 10.1 Å². The number of non-ortho nitro benzene ring substituents is 1. The molecular weight excluding hydrogens is 282 g/mol. The van der Waals surface area contributed by atoms with E-state index >= 15 is 0 Å². The third-order valence-electron chi connectivity index (χ3n) is 2.55. The van der Waals surface area contributed by atoms with Gasteiger partial charge in [0.2, 0.25) is 5.88 Å². The fourth-order valence-electron chi connectivity index (χ4n) is 1.63. The van der Waals surface area contributed by atoms with Crippen LogP contribution >= 0.6 is 11.6 Å². The van der Waals surface area contributed by atoms with E-state index in [0.717, 1.165) is 5.56 Å². The molecule has 0 aliphatic heterocycles. The van der Waals surface area contributed by atoms with E-state index in [0.29, 0.717) is 12.4 Å². The Hall–Kier alpha value is -2.18. The minimum absolute atomic E-state index is 0.0875. The molecule has 20 heavy (non-hydrogen) atoms. The molecule has 0 fully saturated rings. The number of nitro groups is 1. The maximum absolute atomic E-state index is 10.8. The number of halogens is 1. The molecule has 1 aromatic carbocycles. The fourth-order valence-corrected chi connectivity index (χ4v) is 1.79. The molecule has 2 rings (SSSR count). The van der Waals surface area contributed by atoms with Gasteiger partial charge in [0, 0.05) is 24.4 Å². The van der Waals surface area contributed by atoms with Crippen molar-refractivity contribution in [3.8, 4) is 11.6 Å². The van der Waals surface area contributed by atoms with Crippen LogP contribution in [-0.2, 0) is 6.54 Å². The standard InChI is InChI=1S/C13H12ClN3O3/c1-15-8-9-3-2-6-16-13(9)20-12-7-10(17(18)19)4-5-11(12)14/h2-7,15H,8H2,1H3. The van der Waals surface area contributed by atoms with Crippen molar-refractivity contribution in [1.82, 2.24) is 10.3 Å². The predicted molar refractivity (Wildman–Crippen MR) is 75.2 cm³/mol. The van der Waals surface area contributed by atoms with Crippen molar-refractivity contribution in [3.63, 3.8) is 0 Å². The van der Waals surface area contributed by atoms with E-state index in [1.165, 1.54) is 18.2 Å². The number of ether oxygens (including phenoxy) is 1. The molecule has 1 heterocycles. The van der Waals surface area contributed by atoms with Crippen LogP contribution in [-0.4, -0.2) is 17.0 Å². The quantitative estimate of drug-likeness (QED) is 0.677. The topological polar surface area (TPSA) is 77.3 Å². The molecule has 1 N–H and O–H groups in total. The van der Waals surface area contributed by atoms with Gasteiger partial charge >= 0.3 is 0 Å².